The minimum atomic E-state index is -0.145. The molecular weight excluding hydrogens is 330 g/mol. The van der Waals surface area contributed by atoms with Crippen LogP contribution in [-0.2, 0) is 0 Å². The molecule has 0 atom stereocenters. The molecule has 2 aliphatic rings. The van der Waals surface area contributed by atoms with Gasteiger partial charge in [0, 0.05) is 29.3 Å². The highest BCUT2D eigenvalue weighted by atomic mass is 32.2. The first-order valence-corrected chi connectivity index (χ1v) is 10.5. The van der Waals surface area contributed by atoms with Crippen LogP contribution in [0.1, 0.15) is 45.4 Å². The van der Waals surface area contributed by atoms with Crippen LogP contribution in [0.5, 0.6) is 0 Å². The van der Waals surface area contributed by atoms with Gasteiger partial charge in [0.2, 0.25) is 0 Å². The van der Waals surface area contributed by atoms with E-state index in [9.17, 15) is 5.11 Å². The zero-order valence-electron chi connectivity index (χ0n) is 15.3. The number of hydrogen-bond donors (Lipinski definition) is 2. The van der Waals surface area contributed by atoms with Gasteiger partial charge in [-0.15, -0.1) is 11.8 Å². The summed E-state index contributed by atoms with van der Waals surface area (Å²) in [6, 6.07) is 10.8. The topological polar surface area (TPSA) is 47.9 Å². The summed E-state index contributed by atoms with van der Waals surface area (Å²) in [4.78, 5) is 8.71. The van der Waals surface area contributed by atoms with E-state index in [4.69, 9.17) is 4.99 Å². The van der Waals surface area contributed by atoms with Crippen molar-refractivity contribution in [2.75, 3.05) is 26.2 Å². The summed E-state index contributed by atoms with van der Waals surface area (Å²) in [5.74, 6) is 1.02. The van der Waals surface area contributed by atoms with Crippen LogP contribution in [0.3, 0.4) is 0 Å². The summed E-state index contributed by atoms with van der Waals surface area (Å²) in [6.45, 7) is 5.67. The Hall–Kier alpha value is -1.20. The van der Waals surface area contributed by atoms with Crippen molar-refractivity contribution < 1.29 is 5.11 Å². The number of aliphatic hydroxyl groups is 1. The van der Waals surface area contributed by atoms with E-state index < -0.39 is 0 Å². The maximum Gasteiger partial charge on any atom is 0.193 e. The average molecular weight is 362 g/mol. The number of nitrogens with zero attached hydrogens (tertiary/aromatic N) is 2. The van der Waals surface area contributed by atoms with Crippen molar-refractivity contribution in [2.24, 2.45) is 4.99 Å². The van der Waals surface area contributed by atoms with Gasteiger partial charge in [-0.05, 0) is 44.7 Å². The molecule has 3 rings (SSSR count). The number of hydrogen-bond acceptors (Lipinski definition) is 3. The van der Waals surface area contributed by atoms with Gasteiger partial charge < -0.3 is 15.3 Å². The molecule has 0 unspecified atom stereocenters. The molecule has 0 bridgehead atoms. The normalized spacial score (nSPS) is 21.5. The number of thioether (sulfide) groups is 1. The standard InChI is InChI=1S/C20H31N3OS/c1-2-21-19(23-14-10-17(24)11-15-23)22-16-20(12-6-7-13-20)25-18-8-4-3-5-9-18/h3-5,8-9,17,24H,2,6-7,10-16H2,1H3,(H,21,22). The molecule has 1 aliphatic carbocycles. The summed E-state index contributed by atoms with van der Waals surface area (Å²) in [5.41, 5.74) is 0. The van der Waals surface area contributed by atoms with Crippen LogP contribution in [0.4, 0.5) is 0 Å². The quantitative estimate of drug-likeness (QED) is 0.622. The van der Waals surface area contributed by atoms with Gasteiger partial charge in [0.25, 0.3) is 0 Å². The van der Waals surface area contributed by atoms with E-state index in [2.05, 4.69) is 47.5 Å². The van der Waals surface area contributed by atoms with E-state index in [1.807, 2.05) is 11.8 Å². The highest BCUT2D eigenvalue weighted by molar-refractivity contribution is 8.00. The van der Waals surface area contributed by atoms with Gasteiger partial charge in [0.15, 0.2) is 5.96 Å². The van der Waals surface area contributed by atoms with Crippen LogP contribution < -0.4 is 5.32 Å². The minimum Gasteiger partial charge on any atom is -0.393 e. The fourth-order valence-corrected chi connectivity index (χ4v) is 5.19. The monoisotopic (exact) mass is 361 g/mol. The minimum absolute atomic E-state index is 0.145. The molecule has 25 heavy (non-hydrogen) atoms. The lowest BCUT2D eigenvalue weighted by atomic mass is 10.1. The Labute approximate surface area is 156 Å². The predicted octanol–water partition coefficient (Wildman–Crippen LogP) is 3.51. The molecule has 138 valence electrons. The SMILES string of the molecule is CCNC(=NCC1(Sc2ccccc2)CCCC1)N1CCC(O)CC1. The van der Waals surface area contributed by atoms with Crippen molar-refractivity contribution in [3.8, 4) is 0 Å². The number of nitrogens with one attached hydrogen (secondary N) is 1. The van der Waals surface area contributed by atoms with Crippen LogP contribution in [0, 0.1) is 0 Å². The number of aliphatic hydroxyl groups excluding tert-OH is 1. The summed E-state index contributed by atoms with van der Waals surface area (Å²) < 4.78 is 0.233. The van der Waals surface area contributed by atoms with Crippen LogP contribution in [0.2, 0.25) is 0 Å². The molecule has 5 heteroatoms. The number of rotatable bonds is 5. The van der Waals surface area contributed by atoms with Gasteiger partial charge in [0.05, 0.1) is 12.6 Å². The second kappa shape index (κ2) is 8.95. The van der Waals surface area contributed by atoms with Crippen molar-refractivity contribution >= 4 is 17.7 Å². The van der Waals surface area contributed by atoms with Crippen LogP contribution in [0.15, 0.2) is 40.2 Å². The van der Waals surface area contributed by atoms with Gasteiger partial charge in [-0.2, -0.15) is 0 Å². The van der Waals surface area contributed by atoms with Gasteiger partial charge in [0.1, 0.15) is 0 Å². The molecule has 1 saturated carbocycles. The first kappa shape index (κ1) is 18.6. The molecule has 0 amide bonds. The molecule has 1 aromatic carbocycles. The zero-order chi connectivity index (χ0) is 17.5. The maximum atomic E-state index is 9.76. The summed E-state index contributed by atoms with van der Waals surface area (Å²) in [7, 11) is 0. The van der Waals surface area contributed by atoms with Gasteiger partial charge in [-0.3, -0.25) is 4.99 Å². The number of guanidine groups is 1. The van der Waals surface area contributed by atoms with Crippen molar-refractivity contribution in [3.05, 3.63) is 30.3 Å². The second-order valence-electron chi connectivity index (χ2n) is 7.19. The van der Waals surface area contributed by atoms with E-state index in [1.165, 1.54) is 30.6 Å². The van der Waals surface area contributed by atoms with E-state index in [0.29, 0.717) is 0 Å². The van der Waals surface area contributed by atoms with Crippen molar-refractivity contribution in [2.45, 2.75) is 61.2 Å². The van der Waals surface area contributed by atoms with Crippen molar-refractivity contribution in [1.82, 2.24) is 10.2 Å². The molecule has 2 fully saturated rings. The number of piperidine rings is 1. The molecule has 1 aromatic rings. The lowest BCUT2D eigenvalue weighted by Gasteiger charge is -2.33. The average Bonchev–Trinajstić information content (AvgIpc) is 3.09. The molecule has 1 aliphatic heterocycles. The lowest BCUT2D eigenvalue weighted by molar-refractivity contribution is 0.108. The molecule has 0 spiro atoms. The second-order valence-corrected chi connectivity index (χ2v) is 8.74. The zero-order valence-corrected chi connectivity index (χ0v) is 16.1. The molecule has 1 heterocycles. The summed E-state index contributed by atoms with van der Waals surface area (Å²) in [6.07, 6.45) is 6.64. The van der Waals surface area contributed by atoms with Gasteiger partial charge in [-0.25, -0.2) is 0 Å². The van der Waals surface area contributed by atoms with Gasteiger partial charge in [-0.1, -0.05) is 31.0 Å². The third kappa shape index (κ3) is 5.14. The van der Waals surface area contributed by atoms with Crippen molar-refractivity contribution in [3.63, 3.8) is 0 Å². The first-order valence-electron chi connectivity index (χ1n) is 9.66. The Morgan fingerprint density at radius 3 is 2.56 bits per heavy atom. The van der Waals surface area contributed by atoms with Crippen LogP contribution in [0.25, 0.3) is 0 Å². The molecule has 2 N–H and O–H groups in total. The third-order valence-electron chi connectivity index (χ3n) is 5.21. The van der Waals surface area contributed by atoms with E-state index >= 15 is 0 Å². The Kier molecular flexibility index (Phi) is 6.65. The maximum absolute atomic E-state index is 9.76. The van der Waals surface area contributed by atoms with E-state index in [0.717, 1.165) is 45.0 Å². The summed E-state index contributed by atoms with van der Waals surface area (Å²) >= 11 is 2.01. The van der Waals surface area contributed by atoms with Crippen LogP contribution in [-0.4, -0.2) is 53.0 Å². The molecule has 1 saturated heterocycles. The Bertz CT molecular complexity index is 549. The van der Waals surface area contributed by atoms with Crippen molar-refractivity contribution in [1.29, 1.82) is 0 Å². The van der Waals surface area contributed by atoms with Crippen LogP contribution >= 0.6 is 11.8 Å². The molecular formula is C20H31N3OS. The van der Waals surface area contributed by atoms with E-state index in [-0.39, 0.29) is 10.9 Å². The third-order valence-corrected chi connectivity index (χ3v) is 6.69. The van der Waals surface area contributed by atoms with Gasteiger partial charge >= 0.3 is 0 Å². The lowest BCUT2D eigenvalue weighted by Crippen LogP contribution is -2.47. The Balaban J connectivity index is 1.70. The highest BCUT2D eigenvalue weighted by Gasteiger charge is 2.35. The highest BCUT2D eigenvalue weighted by Crippen LogP contribution is 2.45. The first-order chi connectivity index (χ1) is 12.2. The molecule has 4 nitrogen and oxygen atoms in total. The number of aliphatic imine (C=N–C) groups is 1. The smallest absolute Gasteiger partial charge is 0.193 e. The number of likely N-dealkylation sites (tertiary alicyclic amines) is 1. The molecule has 0 aromatic heterocycles. The van der Waals surface area contributed by atoms with E-state index in [1.54, 1.807) is 0 Å². The fraction of sp³-hybridized carbons (Fsp3) is 0.650. The Morgan fingerprint density at radius 1 is 1.24 bits per heavy atom. The fourth-order valence-electron chi connectivity index (χ4n) is 3.77. The number of benzene rings is 1. The summed E-state index contributed by atoms with van der Waals surface area (Å²) in [5, 5.41) is 13.2. The Morgan fingerprint density at radius 2 is 1.92 bits per heavy atom. The molecule has 0 radical (unpaired) electrons. The predicted molar refractivity (Wildman–Crippen MR) is 106 cm³/mol. The largest absolute Gasteiger partial charge is 0.393 e.